The highest BCUT2D eigenvalue weighted by Gasteiger charge is 2.14. The Bertz CT molecular complexity index is 347. The second-order valence-corrected chi connectivity index (χ2v) is 2.27. The molecule has 0 unspecified atom stereocenters. The standard InChI is InChI=1S/C8H8O4/c1-9-5-3-11-8-6(10-2)4-12-7(5)8/h3-4H,1-2H3. The number of furan rings is 2. The van der Waals surface area contributed by atoms with Crippen molar-refractivity contribution < 1.29 is 18.3 Å². The van der Waals surface area contributed by atoms with Crippen LogP contribution in [0.5, 0.6) is 11.5 Å². The summed E-state index contributed by atoms with van der Waals surface area (Å²) in [6.45, 7) is 0. The molecule has 64 valence electrons. The van der Waals surface area contributed by atoms with Crippen molar-refractivity contribution >= 4 is 11.2 Å². The maximum absolute atomic E-state index is 5.16. The van der Waals surface area contributed by atoms with Crippen LogP contribution in [0.3, 0.4) is 0 Å². The Morgan fingerprint density at radius 1 is 0.917 bits per heavy atom. The zero-order valence-corrected chi connectivity index (χ0v) is 6.79. The molecule has 2 rings (SSSR count). The normalized spacial score (nSPS) is 10.5. The Labute approximate surface area is 68.7 Å². The topological polar surface area (TPSA) is 44.7 Å². The number of fused-ring (bicyclic) bond motifs is 1. The predicted octanol–water partition coefficient (Wildman–Crippen LogP) is 2.04. The van der Waals surface area contributed by atoms with E-state index in [1.807, 2.05) is 0 Å². The average Bonchev–Trinajstić information content (AvgIpc) is 2.62. The first-order valence-electron chi connectivity index (χ1n) is 3.43. The van der Waals surface area contributed by atoms with Gasteiger partial charge in [0.05, 0.1) is 14.2 Å². The zero-order chi connectivity index (χ0) is 8.55. The lowest BCUT2D eigenvalue weighted by Crippen LogP contribution is -1.77. The van der Waals surface area contributed by atoms with E-state index in [0.29, 0.717) is 22.7 Å². The van der Waals surface area contributed by atoms with E-state index in [0.717, 1.165) is 0 Å². The minimum Gasteiger partial charge on any atom is -0.490 e. The Kier molecular flexibility index (Phi) is 1.46. The first-order valence-corrected chi connectivity index (χ1v) is 3.43. The highest BCUT2D eigenvalue weighted by molar-refractivity contribution is 5.83. The smallest absolute Gasteiger partial charge is 0.218 e. The molecule has 0 aliphatic rings. The van der Waals surface area contributed by atoms with Crippen molar-refractivity contribution in [3.8, 4) is 11.5 Å². The number of hydrogen-bond acceptors (Lipinski definition) is 4. The summed E-state index contributed by atoms with van der Waals surface area (Å²) in [5.41, 5.74) is 1.16. The first-order chi connectivity index (χ1) is 5.86. The lowest BCUT2D eigenvalue weighted by atomic mass is 10.4. The molecule has 0 spiro atoms. The van der Waals surface area contributed by atoms with Gasteiger partial charge in [-0.2, -0.15) is 0 Å². The Morgan fingerprint density at radius 2 is 1.33 bits per heavy atom. The fourth-order valence-electron chi connectivity index (χ4n) is 1.06. The molecular weight excluding hydrogens is 160 g/mol. The molecule has 0 aliphatic carbocycles. The molecule has 0 atom stereocenters. The van der Waals surface area contributed by atoms with E-state index < -0.39 is 0 Å². The van der Waals surface area contributed by atoms with Gasteiger partial charge in [0.2, 0.25) is 22.7 Å². The van der Waals surface area contributed by atoms with E-state index in [-0.39, 0.29) is 0 Å². The van der Waals surface area contributed by atoms with E-state index in [1.54, 1.807) is 14.2 Å². The minimum absolute atomic E-state index is 0.577. The Morgan fingerprint density at radius 3 is 1.67 bits per heavy atom. The van der Waals surface area contributed by atoms with Crippen LogP contribution in [0.25, 0.3) is 11.2 Å². The molecule has 12 heavy (non-hydrogen) atoms. The summed E-state index contributed by atoms with van der Waals surface area (Å²) in [6.07, 6.45) is 2.97. The molecule has 0 saturated heterocycles. The van der Waals surface area contributed by atoms with Crippen molar-refractivity contribution in [3.63, 3.8) is 0 Å². The maximum atomic E-state index is 5.16. The lowest BCUT2D eigenvalue weighted by Gasteiger charge is -1.87. The number of hydrogen-bond donors (Lipinski definition) is 0. The van der Waals surface area contributed by atoms with E-state index in [2.05, 4.69) is 0 Å². The van der Waals surface area contributed by atoms with E-state index in [4.69, 9.17) is 18.3 Å². The fraction of sp³-hybridized carbons (Fsp3) is 0.250. The molecule has 0 fully saturated rings. The van der Waals surface area contributed by atoms with Crippen LogP contribution >= 0.6 is 0 Å². The lowest BCUT2D eigenvalue weighted by molar-refractivity contribution is 0.388. The molecule has 0 saturated carbocycles. The van der Waals surface area contributed by atoms with Crippen LogP contribution in [-0.2, 0) is 0 Å². The Balaban J connectivity index is 2.66. The molecule has 2 heterocycles. The molecule has 0 amide bonds. The summed E-state index contributed by atoms with van der Waals surface area (Å²) in [4.78, 5) is 0. The van der Waals surface area contributed by atoms with Gasteiger partial charge in [-0.15, -0.1) is 0 Å². The maximum Gasteiger partial charge on any atom is 0.218 e. The molecule has 0 aliphatic heterocycles. The van der Waals surface area contributed by atoms with Gasteiger partial charge in [0, 0.05) is 0 Å². The molecule has 0 aromatic carbocycles. The van der Waals surface area contributed by atoms with Crippen LogP contribution in [-0.4, -0.2) is 14.2 Å². The third kappa shape index (κ3) is 0.777. The summed E-state index contributed by atoms with van der Waals surface area (Å²) in [5.74, 6) is 1.15. The van der Waals surface area contributed by atoms with Crippen LogP contribution in [0.4, 0.5) is 0 Å². The molecule has 0 radical (unpaired) electrons. The van der Waals surface area contributed by atoms with E-state index >= 15 is 0 Å². The van der Waals surface area contributed by atoms with Gasteiger partial charge < -0.3 is 18.3 Å². The summed E-state index contributed by atoms with van der Waals surface area (Å²) < 4.78 is 20.3. The highest BCUT2D eigenvalue weighted by Crippen LogP contribution is 2.35. The second-order valence-electron chi connectivity index (χ2n) is 2.27. The summed E-state index contributed by atoms with van der Waals surface area (Å²) in [7, 11) is 3.11. The Hall–Kier alpha value is -1.58. The van der Waals surface area contributed by atoms with Crippen molar-refractivity contribution in [2.45, 2.75) is 0 Å². The van der Waals surface area contributed by atoms with Gasteiger partial charge in [-0.1, -0.05) is 0 Å². The SMILES string of the molecule is COc1coc2c(OC)coc12. The summed E-state index contributed by atoms with van der Waals surface area (Å²) >= 11 is 0. The van der Waals surface area contributed by atoms with E-state index in [1.165, 1.54) is 12.5 Å². The van der Waals surface area contributed by atoms with Crippen molar-refractivity contribution in [2.75, 3.05) is 14.2 Å². The van der Waals surface area contributed by atoms with Gasteiger partial charge in [-0.25, -0.2) is 0 Å². The highest BCUT2D eigenvalue weighted by atomic mass is 16.5. The third-order valence-electron chi connectivity index (χ3n) is 1.66. The van der Waals surface area contributed by atoms with Crippen molar-refractivity contribution in [1.29, 1.82) is 0 Å². The molecule has 0 N–H and O–H groups in total. The van der Waals surface area contributed by atoms with Crippen LogP contribution in [0, 0.1) is 0 Å². The second kappa shape index (κ2) is 2.48. The zero-order valence-electron chi connectivity index (χ0n) is 6.79. The van der Waals surface area contributed by atoms with Crippen LogP contribution in [0.1, 0.15) is 0 Å². The van der Waals surface area contributed by atoms with Gasteiger partial charge in [-0.05, 0) is 0 Å². The molecule has 4 nitrogen and oxygen atoms in total. The first kappa shape index (κ1) is 7.09. The van der Waals surface area contributed by atoms with Gasteiger partial charge in [-0.3, -0.25) is 0 Å². The van der Waals surface area contributed by atoms with Gasteiger partial charge in [0.25, 0.3) is 0 Å². The molecular formula is C8H8O4. The number of methoxy groups -OCH3 is 2. The van der Waals surface area contributed by atoms with Crippen molar-refractivity contribution in [2.24, 2.45) is 0 Å². The molecule has 2 aromatic heterocycles. The largest absolute Gasteiger partial charge is 0.490 e. The quantitative estimate of drug-likeness (QED) is 0.688. The van der Waals surface area contributed by atoms with Crippen LogP contribution in [0.15, 0.2) is 21.4 Å². The van der Waals surface area contributed by atoms with Crippen LogP contribution in [0.2, 0.25) is 0 Å². The van der Waals surface area contributed by atoms with Crippen molar-refractivity contribution in [3.05, 3.63) is 12.5 Å². The summed E-state index contributed by atoms with van der Waals surface area (Å²) in [5, 5.41) is 0. The molecule has 0 bridgehead atoms. The van der Waals surface area contributed by atoms with E-state index in [9.17, 15) is 0 Å². The summed E-state index contributed by atoms with van der Waals surface area (Å²) in [6, 6.07) is 0. The van der Waals surface area contributed by atoms with Gasteiger partial charge in [0.15, 0.2) is 0 Å². The molecule has 2 aromatic rings. The number of ether oxygens (including phenoxy) is 2. The monoisotopic (exact) mass is 168 g/mol. The van der Waals surface area contributed by atoms with Crippen molar-refractivity contribution in [1.82, 2.24) is 0 Å². The minimum atomic E-state index is 0.577. The van der Waals surface area contributed by atoms with Crippen LogP contribution < -0.4 is 9.47 Å². The number of rotatable bonds is 2. The van der Waals surface area contributed by atoms with Gasteiger partial charge in [0.1, 0.15) is 12.5 Å². The average molecular weight is 168 g/mol. The predicted molar refractivity (Wildman–Crippen MR) is 41.6 cm³/mol. The molecule has 4 heteroatoms. The van der Waals surface area contributed by atoms with Gasteiger partial charge >= 0.3 is 0 Å². The third-order valence-corrected chi connectivity index (χ3v) is 1.66. The fourth-order valence-corrected chi connectivity index (χ4v) is 1.06.